The van der Waals surface area contributed by atoms with Crippen LogP contribution in [0.4, 0.5) is 0 Å². The molecule has 0 radical (unpaired) electrons. The van der Waals surface area contributed by atoms with Crippen LogP contribution in [0.1, 0.15) is 53.9 Å². The minimum Gasteiger partial charge on any atom is -0.356 e. The summed E-state index contributed by atoms with van der Waals surface area (Å²) in [6.07, 6.45) is 8.16. The van der Waals surface area contributed by atoms with Gasteiger partial charge in [-0.25, -0.2) is 0 Å². The first-order valence-corrected chi connectivity index (χ1v) is 8.88. The summed E-state index contributed by atoms with van der Waals surface area (Å²) in [7, 11) is 0. The molecular weight excluding hydrogens is 270 g/mol. The van der Waals surface area contributed by atoms with Crippen molar-refractivity contribution in [3.63, 3.8) is 0 Å². The van der Waals surface area contributed by atoms with E-state index >= 15 is 0 Å². The van der Waals surface area contributed by atoms with Crippen LogP contribution in [0, 0.1) is 11.8 Å². The quantitative estimate of drug-likeness (QED) is 0.772. The maximum Gasteiger partial charge on any atom is 0.102 e. The van der Waals surface area contributed by atoms with E-state index in [0.29, 0.717) is 18.4 Å². The summed E-state index contributed by atoms with van der Waals surface area (Å²) in [6.45, 7) is 14.7. The van der Waals surface area contributed by atoms with Crippen molar-refractivity contribution in [2.24, 2.45) is 22.6 Å². The second-order valence-electron chi connectivity index (χ2n) is 6.63. The van der Waals surface area contributed by atoms with Crippen molar-refractivity contribution < 1.29 is 0 Å². The van der Waals surface area contributed by atoms with Crippen LogP contribution in [-0.4, -0.2) is 36.9 Å². The summed E-state index contributed by atoms with van der Waals surface area (Å²) in [6, 6.07) is 0. The highest BCUT2D eigenvalue weighted by atomic mass is 15.2. The van der Waals surface area contributed by atoms with Gasteiger partial charge in [-0.2, -0.15) is 0 Å². The van der Waals surface area contributed by atoms with E-state index in [1.54, 1.807) is 0 Å². The number of hydrogen-bond donors (Lipinski definition) is 1. The van der Waals surface area contributed by atoms with Crippen molar-refractivity contribution in [1.29, 1.82) is 0 Å². The van der Waals surface area contributed by atoms with Gasteiger partial charge in [0.15, 0.2) is 0 Å². The Balaban J connectivity index is 3.03. The molecule has 1 heterocycles. The van der Waals surface area contributed by atoms with E-state index in [2.05, 4.69) is 51.7 Å². The Morgan fingerprint density at radius 2 is 2.00 bits per heavy atom. The first kappa shape index (κ1) is 19.0. The molecule has 0 aliphatic carbocycles. The van der Waals surface area contributed by atoms with E-state index in [9.17, 15) is 0 Å². The van der Waals surface area contributed by atoms with E-state index < -0.39 is 0 Å². The van der Waals surface area contributed by atoms with Crippen molar-refractivity contribution >= 4 is 5.84 Å². The maximum absolute atomic E-state index is 5.92. The van der Waals surface area contributed by atoms with Gasteiger partial charge in [-0.05, 0) is 36.8 Å². The van der Waals surface area contributed by atoms with Gasteiger partial charge in [0.2, 0.25) is 0 Å². The molecule has 126 valence electrons. The minimum atomic E-state index is 0.510. The Hall–Kier alpha value is -1.09. The average Bonchev–Trinajstić information content (AvgIpc) is 2.57. The Labute approximate surface area is 137 Å². The van der Waals surface area contributed by atoms with Crippen LogP contribution in [-0.2, 0) is 0 Å². The summed E-state index contributed by atoms with van der Waals surface area (Å²) in [5, 5.41) is 0. The van der Waals surface area contributed by atoms with Gasteiger partial charge < -0.3 is 10.6 Å². The van der Waals surface area contributed by atoms with Gasteiger partial charge in [-0.15, -0.1) is 0 Å². The molecule has 3 heteroatoms. The number of rotatable bonds is 7. The topological polar surface area (TPSA) is 41.6 Å². The smallest absolute Gasteiger partial charge is 0.102 e. The van der Waals surface area contributed by atoms with Crippen LogP contribution >= 0.6 is 0 Å². The zero-order valence-corrected chi connectivity index (χ0v) is 15.2. The molecule has 1 aliphatic rings. The van der Waals surface area contributed by atoms with E-state index in [0.717, 1.165) is 26.1 Å². The molecular formula is C19H35N3. The molecule has 0 saturated heterocycles. The molecule has 0 aromatic rings. The van der Waals surface area contributed by atoms with Crippen molar-refractivity contribution in [1.82, 2.24) is 4.90 Å². The normalized spacial score (nSPS) is 26.5. The van der Waals surface area contributed by atoms with Crippen molar-refractivity contribution in [3.05, 3.63) is 23.3 Å². The summed E-state index contributed by atoms with van der Waals surface area (Å²) in [4.78, 5) is 7.40. The zero-order valence-electron chi connectivity index (χ0n) is 15.2. The standard InChI is InChI=1S/C19H35N3/c1-6-8-15(3)14-22-12-10-18(13-20)17(5)9-11-21-19(22)16(4)7-2/h9-10,15-16H,6-8,11-14,20H2,1-5H3/b17-9-,18-10-,21-19-. The fraction of sp³-hybridized carbons (Fsp3) is 0.737. The average molecular weight is 306 g/mol. The van der Waals surface area contributed by atoms with E-state index in [1.807, 2.05) is 0 Å². The van der Waals surface area contributed by atoms with Crippen molar-refractivity contribution in [3.8, 4) is 0 Å². The molecule has 0 fully saturated rings. The van der Waals surface area contributed by atoms with Gasteiger partial charge in [-0.3, -0.25) is 4.99 Å². The van der Waals surface area contributed by atoms with E-state index in [1.165, 1.54) is 29.8 Å². The molecule has 0 aromatic carbocycles. The number of hydrogen-bond acceptors (Lipinski definition) is 3. The van der Waals surface area contributed by atoms with Crippen molar-refractivity contribution in [2.45, 2.75) is 53.9 Å². The third-order valence-corrected chi connectivity index (χ3v) is 4.63. The van der Waals surface area contributed by atoms with Gasteiger partial charge in [0.1, 0.15) is 5.84 Å². The second kappa shape index (κ2) is 9.83. The minimum absolute atomic E-state index is 0.510. The zero-order chi connectivity index (χ0) is 16.5. The van der Waals surface area contributed by atoms with E-state index in [-0.39, 0.29) is 0 Å². The van der Waals surface area contributed by atoms with Gasteiger partial charge in [0, 0.05) is 25.6 Å². The molecule has 2 N–H and O–H groups in total. The lowest BCUT2D eigenvalue weighted by atomic mass is 10.0. The van der Waals surface area contributed by atoms with Crippen LogP contribution in [0.2, 0.25) is 0 Å². The predicted octanol–water partition coefficient (Wildman–Crippen LogP) is 4.01. The highest BCUT2D eigenvalue weighted by Crippen LogP contribution is 2.17. The van der Waals surface area contributed by atoms with E-state index in [4.69, 9.17) is 10.7 Å². The maximum atomic E-state index is 5.92. The van der Waals surface area contributed by atoms with Crippen LogP contribution in [0.5, 0.6) is 0 Å². The predicted molar refractivity (Wildman–Crippen MR) is 98.3 cm³/mol. The second-order valence-corrected chi connectivity index (χ2v) is 6.63. The van der Waals surface area contributed by atoms with Crippen LogP contribution in [0.3, 0.4) is 0 Å². The Morgan fingerprint density at radius 1 is 1.27 bits per heavy atom. The lowest BCUT2D eigenvalue weighted by Crippen LogP contribution is -2.38. The third kappa shape index (κ3) is 5.60. The van der Waals surface area contributed by atoms with Crippen LogP contribution in [0.25, 0.3) is 0 Å². The molecule has 0 bridgehead atoms. The Morgan fingerprint density at radius 3 is 2.59 bits per heavy atom. The highest BCUT2D eigenvalue weighted by molar-refractivity contribution is 5.84. The summed E-state index contributed by atoms with van der Waals surface area (Å²) < 4.78 is 0. The summed E-state index contributed by atoms with van der Waals surface area (Å²) in [5.74, 6) is 2.48. The third-order valence-electron chi connectivity index (χ3n) is 4.63. The monoisotopic (exact) mass is 305 g/mol. The SMILES string of the molecule is CCCC(C)CN1C/C=C(CN)\C(C)=C/C/N=C\1C(C)CC. The fourth-order valence-corrected chi connectivity index (χ4v) is 3.00. The molecule has 1 rings (SSSR count). The highest BCUT2D eigenvalue weighted by Gasteiger charge is 2.19. The molecule has 2 atom stereocenters. The van der Waals surface area contributed by atoms with Crippen LogP contribution in [0.15, 0.2) is 28.3 Å². The van der Waals surface area contributed by atoms with Crippen molar-refractivity contribution in [2.75, 3.05) is 26.2 Å². The number of nitrogens with zero attached hydrogens (tertiary/aromatic N) is 2. The summed E-state index contributed by atoms with van der Waals surface area (Å²) in [5.41, 5.74) is 8.45. The molecule has 0 aromatic heterocycles. The molecule has 0 amide bonds. The lowest BCUT2D eigenvalue weighted by Gasteiger charge is -2.31. The van der Waals surface area contributed by atoms with Gasteiger partial charge >= 0.3 is 0 Å². The first-order chi connectivity index (χ1) is 10.5. The van der Waals surface area contributed by atoms with Gasteiger partial charge in [0.25, 0.3) is 0 Å². The first-order valence-electron chi connectivity index (χ1n) is 8.88. The number of amidine groups is 1. The summed E-state index contributed by atoms with van der Waals surface area (Å²) >= 11 is 0. The van der Waals surface area contributed by atoms with Gasteiger partial charge in [0.05, 0.1) is 6.54 Å². The largest absolute Gasteiger partial charge is 0.356 e. The molecule has 0 spiro atoms. The van der Waals surface area contributed by atoms with Crippen LogP contribution < -0.4 is 5.73 Å². The molecule has 3 nitrogen and oxygen atoms in total. The number of aliphatic imine (C=N–C) groups is 1. The molecule has 1 aliphatic heterocycles. The molecule has 2 unspecified atom stereocenters. The van der Waals surface area contributed by atoms with Gasteiger partial charge in [-0.1, -0.05) is 46.3 Å². The number of nitrogens with two attached hydrogens (primary N) is 1. The fourth-order valence-electron chi connectivity index (χ4n) is 3.00. The molecule has 0 saturated carbocycles. The Kier molecular flexibility index (Phi) is 8.47. The lowest BCUT2D eigenvalue weighted by molar-refractivity contribution is 0.346. The Bertz CT molecular complexity index is 420. The molecule has 22 heavy (non-hydrogen) atoms.